The lowest BCUT2D eigenvalue weighted by molar-refractivity contribution is -0.147. The number of carbonyl (C=O) groups excluding carboxylic acids is 1. The summed E-state index contributed by atoms with van der Waals surface area (Å²) >= 11 is 1.55. The van der Waals surface area contributed by atoms with Crippen LogP contribution < -0.4 is 0 Å². The zero-order chi connectivity index (χ0) is 13.5. The maximum atomic E-state index is 11.2. The second-order valence-corrected chi connectivity index (χ2v) is 4.68. The molecule has 0 heterocycles. The molecule has 5 heteroatoms. The van der Waals surface area contributed by atoms with Crippen molar-refractivity contribution in [1.82, 2.24) is 0 Å². The summed E-state index contributed by atoms with van der Waals surface area (Å²) in [4.78, 5) is 12.2. The van der Waals surface area contributed by atoms with Gasteiger partial charge in [0.15, 0.2) is 0 Å². The number of benzene rings is 1. The number of hydrogen-bond donors (Lipinski definition) is 2. The Morgan fingerprint density at radius 2 is 2.17 bits per heavy atom. The first-order valence-corrected chi connectivity index (χ1v) is 6.96. The molecule has 0 aliphatic heterocycles. The molecule has 0 spiro atoms. The monoisotopic (exact) mass is 270 g/mol. The van der Waals surface area contributed by atoms with Crippen LogP contribution in [0.5, 0.6) is 0 Å². The first-order chi connectivity index (χ1) is 8.58. The molecule has 0 saturated heterocycles. The van der Waals surface area contributed by atoms with Gasteiger partial charge in [-0.15, -0.1) is 11.8 Å². The lowest BCUT2D eigenvalue weighted by atomic mass is 10.0. The molecule has 0 aliphatic rings. The fourth-order valence-corrected chi connectivity index (χ4v) is 2.02. The minimum atomic E-state index is -1.15. The van der Waals surface area contributed by atoms with Gasteiger partial charge in [0.25, 0.3) is 0 Å². The van der Waals surface area contributed by atoms with Crippen molar-refractivity contribution in [3.8, 4) is 0 Å². The van der Waals surface area contributed by atoms with Gasteiger partial charge in [0.1, 0.15) is 6.10 Å². The Hall–Kier alpha value is -1.04. The van der Waals surface area contributed by atoms with Crippen molar-refractivity contribution >= 4 is 17.7 Å². The van der Waals surface area contributed by atoms with Crippen molar-refractivity contribution in [3.63, 3.8) is 0 Å². The Bertz CT molecular complexity index is 394. The van der Waals surface area contributed by atoms with E-state index in [0.29, 0.717) is 5.56 Å². The summed E-state index contributed by atoms with van der Waals surface area (Å²) in [6.07, 6.45) is -0.512. The number of hydrogen-bond acceptors (Lipinski definition) is 5. The van der Waals surface area contributed by atoms with E-state index in [0.717, 1.165) is 4.90 Å². The molecule has 0 fully saturated rings. The number of esters is 1. The Kier molecular flexibility index (Phi) is 6.18. The maximum absolute atomic E-state index is 11.2. The van der Waals surface area contributed by atoms with Crippen LogP contribution in [0.3, 0.4) is 0 Å². The van der Waals surface area contributed by atoms with E-state index in [4.69, 9.17) is 4.74 Å². The molecule has 1 aromatic carbocycles. The highest BCUT2D eigenvalue weighted by Gasteiger charge is 2.22. The first-order valence-electron chi connectivity index (χ1n) is 5.74. The van der Waals surface area contributed by atoms with Crippen molar-refractivity contribution < 1.29 is 19.7 Å². The second kappa shape index (κ2) is 7.41. The molecular formula is C13H18O4S. The van der Waals surface area contributed by atoms with E-state index in [1.807, 2.05) is 18.4 Å². The van der Waals surface area contributed by atoms with E-state index in [1.165, 1.54) is 0 Å². The fraction of sp³-hybridized carbons (Fsp3) is 0.462. The van der Waals surface area contributed by atoms with Gasteiger partial charge in [-0.1, -0.05) is 12.1 Å². The predicted molar refractivity (Wildman–Crippen MR) is 70.4 cm³/mol. The van der Waals surface area contributed by atoms with Gasteiger partial charge in [0.05, 0.1) is 19.1 Å². The molecule has 0 aromatic heterocycles. The lowest BCUT2D eigenvalue weighted by Crippen LogP contribution is -2.23. The van der Waals surface area contributed by atoms with Crippen molar-refractivity contribution in [1.29, 1.82) is 0 Å². The number of carbonyl (C=O) groups is 1. The SMILES string of the molecule is CCOC(=O)CC(O)C(O)c1cccc(SC)c1. The first kappa shape index (κ1) is 15.0. The summed E-state index contributed by atoms with van der Waals surface area (Å²) in [5.74, 6) is -0.509. The summed E-state index contributed by atoms with van der Waals surface area (Å²) < 4.78 is 4.73. The highest BCUT2D eigenvalue weighted by molar-refractivity contribution is 7.98. The Balaban J connectivity index is 2.67. The average molecular weight is 270 g/mol. The summed E-state index contributed by atoms with van der Waals surface area (Å²) in [5.41, 5.74) is 0.596. The lowest BCUT2D eigenvalue weighted by Gasteiger charge is -2.17. The predicted octanol–water partition coefficient (Wildman–Crippen LogP) is 1.76. The number of aliphatic hydroxyl groups is 2. The van der Waals surface area contributed by atoms with Gasteiger partial charge in [-0.2, -0.15) is 0 Å². The Morgan fingerprint density at radius 1 is 1.44 bits per heavy atom. The van der Waals surface area contributed by atoms with Crippen molar-refractivity contribution in [3.05, 3.63) is 29.8 Å². The summed E-state index contributed by atoms with van der Waals surface area (Å²) in [7, 11) is 0. The quantitative estimate of drug-likeness (QED) is 0.609. The number of thioether (sulfide) groups is 1. The van der Waals surface area contributed by atoms with Crippen LogP contribution in [0.25, 0.3) is 0 Å². The topological polar surface area (TPSA) is 66.8 Å². The summed E-state index contributed by atoms with van der Waals surface area (Å²) in [6.45, 7) is 1.96. The molecule has 2 N–H and O–H groups in total. The molecule has 4 nitrogen and oxygen atoms in total. The molecule has 0 aliphatic carbocycles. The maximum Gasteiger partial charge on any atom is 0.308 e. The van der Waals surface area contributed by atoms with Crippen LogP contribution >= 0.6 is 11.8 Å². The minimum Gasteiger partial charge on any atom is -0.466 e. The third-order valence-electron chi connectivity index (χ3n) is 2.48. The van der Waals surface area contributed by atoms with Gasteiger partial charge in [-0.05, 0) is 30.9 Å². The number of aliphatic hydroxyl groups excluding tert-OH is 2. The molecular weight excluding hydrogens is 252 g/mol. The van der Waals surface area contributed by atoms with E-state index in [9.17, 15) is 15.0 Å². The molecule has 0 radical (unpaired) electrons. The van der Waals surface area contributed by atoms with E-state index in [-0.39, 0.29) is 13.0 Å². The third-order valence-corrected chi connectivity index (χ3v) is 3.21. The highest BCUT2D eigenvalue weighted by Crippen LogP contribution is 2.23. The molecule has 0 bridgehead atoms. The molecule has 2 unspecified atom stereocenters. The van der Waals surface area contributed by atoms with E-state index < -0.39 is 18.2 Å². The number of rotatable bonds is 6. The van der Waals surface area contributed by atoms with Gasteiger partial charge in [-0.25, -0.2) is 0 Å². The fourth-order valence-electron chi connectivity index (χ4n) is 1.55. The Morgan fingerprint density at radius 3 is 2.78 bits per heavy atom. The van der Waals surface area contributed by atoms with Gasteiger partial charge in [-0.3, -0.25) is 4.79 Å². The zero-order valence-corrected chi connectivity index (χ0v) is 11.3. The molecule has 0 amide bonds. The zero-order valence-electron chi connectivity index (χ0n) is 10.5. The van der Waals surface area contributed by atoms with E-state index >= 15 is 0 Å². The van der Waals surface area contributed by atoms with Crippen molar-refractivity contribution in [2.24, 2.45) is 0 Å². The van der Waals surface area contributed by atoms with E-state index in [2.05, 4.69) is 0 Å². The van der Waals surface area contributed by atoms with Crippen LogP contribution in [0.1, 0.15) is 25.0 Å². The van der Waals surface area contributed by atoms with Crippen LogP contribution in [-0.2, 0) is 9.53 Å². The molecule has 1 rings (SSSR count). The van der Waals surface area contributed by atoms with Crippen LogP contribution in [-0.4, -0.2) is 35.1 Å². The highest BCUT2D eigenvalue weighted by atomic mass is 32.2. The van der Waals surface area contributed by atoms with Crippen molar-refractivity contribution in [2.45, 2.75) is 30.4 Å². The molecule has 100 valence electrons. The van der Waals surface area contributed by atoms with Crippen LogP contribution in [0.15, 0.2) is 29.2 Å². The third kappa shape index (κ3) is 4.33. The smallest absolute Gasteiger partial charge is 0.308 e. The molecule has 0 saturated carbocycles. The van der Waals surface area contributed by atoms with Gasteiger partial charge in [0.2, 0.25) is 0 Å². The van der Waals surface area contributed by atoms with Crippen molar-refractivity contribution in [2.75, 3.05) is 12.9 Å². The summed E-state index contributed by atoms with van der Waals surface area (Å²) in [6, 6.07) is 7.24. The van der Waals surface area contributed by atoms with E-state index in [1.54, 1.807) is 30.8 Å². The Labute approximate surface area is 111 Å². The molecule has 1 aromatic rings. The van der Waals surface area contributed by atoms with Gasteiger partial charge >= 0.3 is 5.97 Å². The molecule has 2 atom stereocenters. The van der Waals surface area contributed by atoms with Crippen LogP contribution in [0.2, 0.25) is 0 Å². The largest absolute Gasteiger partial charge is 0.466 e. The van der Waals surface area contributed by atoms with Gasteiger partial charge in [0, 0.05) is 4.90 Å². The average Bonchev–Trinajstić information content (AvgIpc) is 2.38. The number of ether oxygens (including phenoxy) is 1. The second-order valence-electron chi connectivity index (χ2n) is 3.80. The standard InChI is InChI=1S/C13H18O4S/c1-3-17-12(15)8-11(14)13(16)9-5-4-6-10(7-9)18-2/h4-7,11,13-14,16H,3,8H2,1-2H3. The minimum absolute atomic E-state index is 0.210. The summed E-state index contributed by atoms with van der Waals surface area (Å²) in [5, 5.41) is 19.7. The molecule has 18 heavy (non-hydrogen) atoms. The van der Waals surface area contributed by atoms with Gasteiger partial charge < -0.3 is 14.9 Å². The van der Waals surface area contributed by atoms with Crippen LogP contribution in [0, 0.1) is 0 Å². The normalized spacial score (nSPS) is 14.0. The van der Waals surface area contributed by atoms with Crippen LogP contribution in [0.4, 0.5) is 0 Å².